The summed E-state index contributed by atoms with van der Waals surface area (Å²) in [6, 6.07) is 4.87. The Kier molecular flexibility index (Phi) is 8.21. The van der Waals surface area contributed by atoms with Gasteiger partial charge in [-0.3, -0.25) is 4.79 Å². The summed E-state index contributed by atoms with van der Waals surface area (Å²) in [7, 11) is -2.32. The molecule has 2 heterocycles. The Morgan fingerprint density at radius 2 is 2.00 bits per heavy atom. The van der Waals surface area contributed by atoms with E-state index in [1.165, 1.54) is 42.5 Å². The molecule has 1 amide bonds. The summed E-state index contributed by atoms with van der Waals surface area (Å²) in [6.45, 7) is 4.31. The maximum Gasteiger partial charge on any atom is 0.248 e. The van der Waals surface area contributed by atoms with Crippen molar-refractivity contribution in [1.29, 1.82) is 0 Å². The predicted molar refractivity (Wildman–Crippen MR) is 112 cm³/mol. The molecule has 2 aliphatic heterocycles. The van der Waals surface area contributed by atoms with Gasteiger partial charge in [0.25, 0.3) is 0 Å². The first kappa shape index (κ1) is 23.1. The van der Waals surface area contributed by atoms with Gasteiger partial charge in [-0.2, -0.15) is 4.31 Å². The van der Waals surface area contributed by atoms with Crippen molar-refractivity contribution in [1.82, 2.24) is 14.1 Å². The van der Waals surface area contributed by atoms with Crippen LogP contribution in [0.25, 0.3) is 0 Å². The maximum absolute atomic E-state index is 13.6. The van der Waals surface area contributed by atoms with Crippen LogP contribution in [-0.4, -0.2) is 87.5 Å². The van der Waals surface area contributed by atoms with Crippen LogP contribution in [0.1, 0.15) is 32.1 Å². The Morgan fingerprint density at radius 3 is 2.70 bits per heavy atom. The second-order valence-electron chi connectivity index (χ2n) is 8.04. The van der Waals surface area contributed by atoms with Crippen molar-refractivity contribution in [3.05, 3.63) is 30.1 Å². The third kappa shape index (κ3) is 5.78. The largest absolute Gasteiger partial charge is 0.375 e. The highest BCUT2D eigenvalue weighted by molar-refractivity contribution is 7.89. The number of carbonyl (C=O) groups excluding carboxylic acids is 1. The molecule has 3 rings (SSSR count). The number of nitrogens with zero attached hydrogens (tertiary/aromatic N) is 3. The SMILES string of the molecule is COCC(=O)N(CCCN1CCCC1)C1CCCN(S(=O)(=O)c2cccc(F)c2)C1. The molecule has 1 unspecified atom stereocenters. The molecule has 1 atom stereocenters. The van der Waals surface area contributed by atoms with E-state index in [0.717, 1.165) is 38.5 Å². The van der Waals surface area contributed by atoms with Crippen molar-refractivity contribution in [3.63, 3.8) is 0 Å². The maximum atomic E-state index is 13.6. The molecule has 0 saturated carbocycles. The molecule has 1 aromatic carbocycles. The molecule has 30 heavy (non-hydrogen) atoms. The van der Waals surface area contributed by atoms with Crippen LogP contribution in [-0.2, 0) is 19.6 Å². The van der Waals surface area contributed by atoms with Crippen LogP contribution in [0.5, 0.6) is 0 Å². The van der Waals surface area contributed by atoms with Crippen LogP contribution in [0.2, 0.25) is 0 Å². The molecule has 0 aromatic heterocycles. The van der Waals surface area contributed by atoms with Gasteiger partial charge in [-0.15, -0.1) is 0 Å². The Labute approximate surface area is 178 Å². The number of carbonyl (C=O) groups is 1. The van der Waals surface area contributed by atoms with Gasteiger partial charge in [-0.1, -0.05) is 6.07 Å². The van der Waals surface area contributed by atoms with E-state index in [9.17, 15) is 17.6 Å². The summed E-state index contributed by atoms with van der Waals surface area (Å²) in [5, 5.41) is 0. The van der Waals surface area contributed by atoms with Gasteiger partial charge in [-0.25, -0.2) is 12.8 Å². The monoisotopic (exact) mass is 441 g/mol. The summed E-state index contributed by atoms with van der Waals surface area (Å²) in [5.41, 5.74) is 0. The smallest absolute Gasteiger partial charge is 0.248 e. The second kappa shape index (κ2) is 10.7. The Morgan fingerprint density at radius 1 is 1.23 bits per heavy atom. The first-order valence-electron chi connectivity index (χ1n) is 10.7. The summed E-state index contributed by atoms with van der Waals surface area (Å²) in [6.07, 6.45) is 4.70. The summed E-state index contributed by atoms with van der Waals surface area (Å²) >= 11 is 0. The number of halogens is 1. The lowest BCUT2D eigenvalue weighted by Gasteiger charge is -2.39. The van der Waals surface area contributed by atoms with E-state index in [0.29, 0.717) is 19.5 Å². The fourth-order valence-corrected chi connectivity index (χ4v) is 5.91. The quantitative estimate of drug-likeness (QED) is 0.586. The summed E-state index contributed by atoms with van der Waals surface area (Å²) in [4.78, 5) is 16.8. The molecular formula is C21H32FN3O4S. The van der Waals surface area contributed by atoms with Gasteiger partial charge >= 0.3 is 0 Å². The van der Waals surface area contributed by atoms with Crippen LogP contribution in [0.4, 0.5) is 4.39 Å². The number of likely N-dealkylation sites (tertiary alicyclic amines) is 1. The van der Waals surface area contributed by atoms with E-state index < -0.39 is 15.8 Å². The van der Waals surface area contributed by atoms with Gasteiger partial charge in [0.15, 0.2) is 0 Å². The highest BCUT2D eigenvalue weighted by atomic mass is 32.2. The molecule has 0 bridgehead atoms. The molecule has 2 aliphatic rings. The Balaban J connectivity index is 1.68. The zero-order valence-electron chi connectivity index (χ0n) is 17.6. The number of ether oxygens (including phenoxy) is 1. The highest BCUT2D eigenvalue weighted by Crippen LogP contribution is 2.24. The van der Waals surface area contributed by atoms with Gasteiger partial charge < -0.3 is 14.5 Å². The highest BCUT2D eigenvalue weighted by Gasteiger charge is 2.34. The van der Waals surface area contributed by atoms with Crippen molar-refractivity contribution in [2.45, 2.75) is 43.0 Å². The minimum Gasteiger partial charge on any atom is -0.375 e. The molecule has 2 saturated heterocycles. The average Bonchev–Trinajstić information content (AvgIpc) is 3.25. The third-order valence-corrected chi connectivity index (χ3v) is 7.76. The van der Waals surface area contributed by atoms with Crippen LogP contribution in [0.3, 0.4) is 0 Å². The molecule has 0 aliphatic carbocycles. The molecule has 0 N–H and O–H groups in total. The van der Waals surface area contributed by atoms with Crippen molar-refractivity contribution < 1.29 is 22.3 Å². The zero-order chi connectivity index (χ0) is 21.6. The summed E-state index contributed by atoms with van der Waals surface area (Å²) < 4.78 is 46.0. The van der Waals surface area contributed by atoms with Crippen molar-refractivity contribution in [3.8, 4) is 0 Å². The minimum absolute atomic E-state index is 0.0170. The molecule has 0 spiro atoms. The van der Waals surface area contributed by atoms with Crippen LogP contribution >= 0.6 is 0 Å². The zero-order valence-corrected chi connectivity index (χ0v) is 18.4. The Hall–Kier alpha value is -1.55. The van der Waals surface area contributed by atoms with Gasteiger partial charge in [0.1, 0.15) is 12.4 Å². The van der Waals surface area contributed by atoms with Gasteiger partial charge in [-0.05, 0) is 69.9 Å². The van der Waals surface area contributed by atoms with Gasteiger partial charge in [0, 0.05) is 32.8 Å². The standard InChI is InChI=1S/C21H32FN3O4S/c1-29-17-21(26)25(14-6-12-23-10-2-3-11-23)19-8-5-13-24(16-19)30(27,28)20-9-4-7-18(22)15-20/h4,7,9,15,19H,2-3,5-6,8,10-14,16-17H2,1H3. The number of hydrogen-bond donors (Lipinski definition) is 0. The van der Waals surface area contributed by atoms with E-state index >= 15 is 0 Å². The van der Waals surface area contributed by atoms with Crippen molar-refractivity contribution in [2.24, 2.45) is 0 Å². The van der Waals surface area contributed by atoms with E-state index in [1.54, 1.807) is 4.90 Å². The van der Waals surface area contributed by atoms with Gasteiger partial charge in [0.05, 0.1) is 4.90 Å². The number of methoxy groups -OCH3 is 1. The summed E-state index contributed by atoms with van der Waals surface area (Å²) in [5.74, 6) is -0.697. The van der Waals surface area contributed by atoms with E-state index in [4.69, 9.17) is 4.74 Å². The number of piperidine rings is 1. The first-order valence-corrected chi connectivity index (χ1v) is 12.1. The normalized spacial score (nSPS) is 21.1. The van der Waals surface area contributed by atoms with Crippen LogP contribution in [0, 0.1) is 5.82 Å². The number of benzene rings is 1. The molecule has 1 aromatic rings. The van der Waals surface area contributed by atoms with E-state index in [1.807, 2.05) is 0 Å². The van der Waals surface area contributed by atoms with Crippen LogP contribution < -0.4 is 0 Å². The molecule has 2 fully saturated rings. The van der Waals surface area contributed by atoms with E-state index in [2.05, 4.69) is 4.90 Å². The topological polar surface area (TPSA) is 70.2 Å². The lowest BCUT2D eigenvalue weighted by atomic mass is 10.1. The molecule has 168 valence electrons. The first-order chi connectivity index (χ1) is 14.4. The lowest BCUT2D eigenvalue weighted by Crippen LogP contribution is -2.52. The third-order valence-electron chi connectivity index (χ3n) is 5.89. The van der Waals surface area contributed by atoms with Crippen LogP contribution in [0.15, 0.2) is 29.2 Å². The lowest BCUT2D eigenvalue weighted by molar-refractivity contribution is -0.138. The minimum atomic E-state index is -3.81. The predicted octanol–water partition coefficient (Wildman–Crippen LogP) is 1.94. The van der Waals surface area contributed by atoms with Gasteiger partial charge in [0.2, 0.25) is 15.9 Å². The Bertz CT molecular complexity index is 814. The number of sulfonamides is 1. The fourth-order valence-electron chi connectivity index (χ4n) is 4.36. The number of rotatable bonds is 9. The fraction of sp³-hybridized carbons (Fsp3) is 0.667. The average molecular weight is 442 g/mol. The molecule has 9 heteroatoms. The van der Waals surface area contributed by atoms with E-state index in [-0.39, 0.29) is 30.0 Å². The molecular weight excluding hydrogens is 409 g/mol. The van der Waals surface area contributed by atoms with Crippen molar-refractivity contribution in [2.75, 3.05) is 53.0 Å². The second-order valence-corrected chi connectivity index (χ2v) is 9.98. The number of hydrogen-bond acceptors (Lipinski definition) is 5. The molecule has 7 nitrogen and oxygen atoms in total. The number of amides is 1. The van der Waals surface area contributed by atoms with Crippen molar-refractivity contribution >= 4 is 15.9 Å². The molecule has 0 radical (unpaired) electrons.